The zero-order chi connectivity index (χ0) is 20.9. The summed E-state index contributed by atoms with van der Waals surface area (Å²) in [5, 5.41) is 6.81. The number of aliphatic imine (C=N–C) groups is 1. The Hall–Kier alpha value is -1.79. The highest BCUT2D eigenvalue weighted by Gasteiger charge is 2.17. The van der Waals surface area contributed by atoms with E-state index in [2.05, 4.69) is 61.4 Å². The molecule has 29 heavy (non-hydrogen) atoms. The lowest BCUT2D eigenvalue weighted by Gasteiger charge is -2.20. The summed E-state index contributed by atoms with van der Waals surface area (Å²) in [6, 6.07) is 6.37. The molecule has 0 spiro atoms. The van der Waals surface area contributed by atoms with Crippen LogP contribution in [-0.2, 0) is 11.3 Å². The van der Waals surface area contributed by atoms with Crippen molar-refractivity contribution in [2.75, 3.05) is 52.5 Å². The van der Waals surface area contributed by atoms with Gasteiger partial charge in [0.25, 0.3) is 0 Å². The molecule has 1 aromatic carbocycles. The van der Waals surface area contributed by atoms with Crippen molar-refractivity contribution < 1.29 is 9.47 Å². The lowest BCUT2D eigenvalue weighted by molar-refractivity contribution is 0.166. The second kappa shape index (κ2) is 13.4. The predicted molar refractivity (Wildman–Crippen MR) is 121 cm³/mol. The molecule has 0 amide bonds. The Morgan fingerprint density at radius 2 is 2.10 bits per heavy atom. The number of rotatable bonds is 12. The number of guanidine groups is 1. The molecule has 0 aromatic heterocycles. The summed E-state index contributed by atoms with van der Waals surface area (Å²) < 4.78 is 11.6. The van der Waals surface area contributed by atoms with Crippen molar-refractivity contribution >= 4 is 5.96 Å². The van der Waals surface area contributed by atoms with Crippen molar-refractivity contribution in [1.82, 2.24) is 15.5 Å². The van der Waals surface area contributed by atoms with Crippen LogP contribution in [-0.4, -0.2) is 63.4 Å². The Kier molecular flexibility index (Phi) is 10.9. The molecule has 1 aliphatic rings. The molecular weight excluding hydrogens is 364 g/mol. The second-order valence-corrected chi connectivity index (χ2v) is 7.71. The molecule has 0 radical (unpaired) electrons. The fourth-order valence-electron chi connectivity index (χ4n) is 3.43. The first kappa shape index (κ1) is 23.5. The van der Waals surface area contributed by atoms with Gasteiger partial charge < -0.3 is 25.0 Å². The minimum Gasteiger partial charge on any atom is -0.493 e. The van der Waals surface area contributed by atoms with Gasteiger partial charge in [-0.3, -0.25) is 0 Å². The van der Waals surface area contributed by atoms with Crippen LogP contribution in [0.4, 0.5) is 0 Å². The predicted octanol–water partition coefficient (Wildman–Crippen LogP) is 3.20. The number of nitrogens with one attached hydrogen (secondary N) is 2. The summed E-state index contributed by atoms with van der Waals surface area (Å²) in [5.74, 6) is 2.29. The van der Waals surface area contributed by atoms with Gasteiger partial charge in [-0.2, -0.15) is 0 Å². The minimum atomic E-state index is 0.496. The Labute approximate surface area is 177 Å². The highest BCUT2D eigenvalue weighted by atomic mass is 16.5. The molecule has 1 aromatic rings. The average molecular weight is 405 g/mol. The summed E-state index contributed by atoms with van der Waals surface area (Å²) in [6.45, 7) is 16.6. The first-order valence-electron chi connectivity index (χ1n) is 11.2. The summed E-state index contributed by atoms with van der Waals surface area (Å²) in [7, 11) is 0. The first-order chi connectivity index (χ1) is 14.2. The van der Waals surface area contributed by atoms with Crippen LogP contribution < -0.4 is 15.4 Å². The zero-order valence-electron chi connectivity index (χ0n) is 18.8. The van der Waals surface area contributed by atoms with Gasteiger partial charge in [0.05, 0.1) is 19.8 Å². The van der Waals surface area contributed by atoms with Crippen molar-refractivity contribution in [3.05, 3.63) is 29.3 Å². The van der Waals surface area contributed by atoms with Gasteiger partial charge in [0.1, 0.15) is 5.75 Å². The molecule has 1 heterocycles. The number of nitrogens with zero attached hydrogens (tertiary/aromatic N) is 2. The van der Waals surface area contributed by atoms with E-state index in [4.69, 9.17) is 14.5 Å². The van der Waals surface area contributed by atoms with Crippen LogP contribution in [0.1, 0.15) is 44.7 Å². The number of ether oxygens (including phenoxy) is 2. The van der Waals surface area contributed by atoms with Gasteiger partial charge in [0, 0.05) is 37.7 Å². The van der Waals surface area contributed by atoms with Crippen molar-refractivity contribution in [1.29, 1.82) is 0 Å². The lowest BCUT2D eigenvalue weighted by atomic mass is 10.1. The molecule has 0 bridgehead atoms. The second-order valence-electron chi connectivity index (χ2n) is 7.71. The molecule has 1 fully saturated rings. The molecule has 2 rings (SSSR count). The Balaban J connectivity index is 1.94. The topological polar surface area (TPSA) is 58.1 Å². The number of likely N-dealkylation sites (N-methyl/N-ethyl adjacent to an activating group) is 1. The summed E-state index contributed by atoms with van der Waals surface area (Å²) in [4.78, 5) is 7.25. The van der Waals surface area contributed by atoms with Crippen molar-refractivity contribution in [2.45, 2.75) is 47.1 Å². The van der Waals surface area contributed by atoms with E-state index in [1.807, 2.05) is 0 Å². The molecule has 1 unspecified atom stereocenters. The maximum atomic E-state index is 6.15. The van der Waals surface area contributed by atoms with Crippen LogP contribution in [0.25, 0.3) is 0 Å². The lowest BCUT2D eigenvalue weighted by Crippen LogP contribution is -2.41. The van der Waals surface area contributed by atoms with Gasteiger partial charge in [-0.25, -0.2) is 4.99 Å². The maximum Gasteiger partial charge on any atom is 0.191 e. The molecule has 6 nitrogen and oxygen atoms in total. The van der Waals surface area contributed by atoms with E-state index in [1.54, 1.807) is 0 Å². The van der Waals surface area contributed by atoms with Crippen LogP contribution in [0.2, 0.25) is 0 Å². The van der Waals surface area contributed by atoms with Crippen molar-refractivity contribution in [3.63, 3.8) is 0 Å². The Morgan fingerprint density at radius 3 is 2.79 bits per heavy atom. The van der Waals surface area contributed by atoms with E-state index >= 15 is 0 Å². The largest absolute Gasteiger partial charge is 0.493 e. The minimum absolute atomic E-state index is 0.496. The smallest absolute Gasteiger partial charge is 0.191 e. The van der Waals surface area contributed by atoms with Crippen LogP contribution in [0, 0.1) is 12.8 Å². The van der Waals surface area contributed by atoms with E-state index in [9.17, 15) is 0 Å². The van der Waals surface area contributed by atoms with E-state index in [0.717, 1.165) is 69.6 Å². The molecule has 0 saturated carbocycles. The van der Waals surface area contributed by atoms with Gasteiger partial charge >= 0.3 is 0 Å². The third-order valence-electron chi connectivity index (χ3n) is 5.18. The van der Waals surface area contributed by atoms with Crippen LogP contribution in [0.3, 0.4) is 0 Å². The molecular formula is C23H40N4O2. The summed E-state index contributed by atoms with van der Waals surface area (Å²) in [5.41, 5.74) is 2.32. The highest BCUT2D eigenvalue weighted by Crippen LogP contribution is 2.23. The molecule has 1 saturated heterocycles. The molecule has 0 aliphatic carbocycles. The van der Waals surface area contributed by atoms with Crippen molar-refractivity contribution in [2.24, 2.45) is 10.9 Å². The van der Waals surface area contributed by atoms with Gasteiger partial charge in [-0.05, 0) is 51.4 Å². The number of hydrogen-bond donors (Lipinski definition) is 2. The molecule has 1 atom stereocenters. The average Bonchev–Trinajstić information content (AvgIpc) is 3.24. The van der Waals surface area contributed by atoms with E-state index in [1.165, 1.54) is 12.0 Å². The SMILES string of the molecule is CCCN(CC)CCNC(=NCc1ccc(C)cc1OCC1CCOC1)NCC. The molecule has 164 valence electrons. The molecule has 1 aliphatic heterocycles. The van der Waals surface area contributed by atoms with E-state index in [-0.39, 0.29) is 0 Å². The monoisotopic (exact) mass is 404 g/mol. The van der Waals surface area contributed by atoms with E-state index in [0.29, 0.717) is 19.1 Å². The summed E-state index contributed by atoms with van der Waals surface area (Å²) in [6.07, 6.45) is 2.27. The third-order valence-corrected chi connectivity index (χ3v) is 5.18. The standard InChI is InChI=1S/C23H40N4O2/c1-5-12-27(7-3)13-11-25-23(24-6-2)26-16-21-9-8-19(4)15-22(21)29-18-20-10-14-28-17-20/h8-9,15,20H,5-7,10-14,16-18H2,1-4H3,(H2,24,25,26). The number of benzene rings is 1. The zero-order valence-corrected chi connectivity index (χ0v) is 18.8. The van der Waals surface area contributed by atoms with Gasteiger partial charge in [-0.1, -0.05) is 26.0 Å². The number of hydrogen-bond acceptors (Lipinski definition) is 4. The Bertz CT molecular complexity index is 615. The fourth-order valence-corrected chi connectivity index (χ4v) is 3.43. The summed E-state index contributed by atoms with van der Waals surface area (Å²) >= 11 is 0. The molecule has 2 N–H and O–H groups in total. The first-order valence-corrected chi connectivity index (χ1v) is 11.2. The van der Waals surface area contributed by atoms with Crippen LogP contribution in [0.15, 0.2) is 23.2 Å². The van der Waals surface area contributed by atoms with Gasteiger partial charge in [0.15, 0.2) is 5.96 Å². The van der Waals surface area contributed by atoms with E-state index < -0.39 is 0 Å². The van der Waals surface area contributed by atoms with Crippen LogP contribution in [0.5, 0.6) is 5.75 Å². The Morgan fingerprint density at radius 1 is 1.24 bits per heavy atom. The normalized spacial score (nSPS) is 17.0. The highest BCUT2D eigenvalue weighted by molar-refractivity contribution is 5.79. The maximum absolute atomic E-state index is 6.15. The van der Waals surface area contributed by atoms with Crippen LogP contribution >= 0.6 is 0 Å². The van der Waals surface area contributed by atoms with Gasteiger partial charge in [-0.15, -0.1) is 0 Å². The fraction of sp³-hybridized carbons (Fsp3) is 0.696. The number of aryl methyl sites for hydroxylation is 1. The van der Waals surface area contributed by atoms with Gasteiger partial charge in [0.2, 0.25) is 0 Å². The quantitative estimate of drug-likeness (QED) is 0.414. The molecule has 6 heteroatoms. The third kappa shape index (κ3) is 8.62. The van der Waals surface area contributed by atoms with Crippen molar-refractivity contribution in [3.8, 4) is 5.75 Å².